The Kier molecular flexibility index (Phi) is 3.39. The molecule has 1 N–H and O–H groups in total. The standard InChI is InChI=1S/C14H12N2O3S/c17-13(18)7-10-1-3-12(4-2-10)19-9-11-8-16-5-6-20-14(16)15-11/h1-6,8H,7,9H2,(H,17,18). The number of nitrogens with zero attached hydrogens (tertiary/aromatic N) is 2. The molecule has 0 aliphatic carbocycles. The number of imidazole rings is 1. The summed E-state index contributed by atoms with van der Waals surface area (Å²) < 4.78 is 7.59. The Morgan fingerprint density at radius 1 is 1.35 bits per heavy atom. The molecule has 0 fully saturated rings. The molecule has 2 aromatic heterocycles. The van der Waals surface area contributed by atoms with Gasteiger partial charge in [0.2, 0.25) is 0 Å². The van der Waals surface area contributed by atoms with Gasteiger partial charge in [-0.05, 0) is 17.7 Å². The molecule has 6 heteroatoms. The Balaban J connectivity index is 1.63. The Labute approximate surface area is 119 Å². The van der Waals surface area contributed by atoms with Crippen molar-refractivity contribution < 1.29 is 14.6 Å². The Hall–Kier alpha value is -2.34. The van der Waals surface area contributed by atoms with Crippen molar-refractivity contribution in [3.05, 3.63) is 53.3 Å². The van der Waals surface area contributed by atoms with Gasteiger partial charge >= 0.3 is 5.97 Å². The number of aromatic nitrogens is 2. The lowest BCUT2D eigenvalue weighted by Crippen LogP contribution is -2.00. The second-order valence-corrected chi connectivity index (χ2v) is 5.20. The lowest BCUT2D eigenvalue weighted by Gasteiger charge is -2.04. The predicted molar refractivity (Wildman–Crippen MR) is 75.2 cm³/mol. The molecule has 0 saturated heterocycles. The van der Waals surface area contributed by atoms with Crippen molar-refractivity contribution in [2.75, 3.05) is 0 Å². The molecule has 2 heterocycles. The number of carboxylic acid groups (broad SMARTS) is 1. The number of fused-ring (bicyclic) bond motifs is 1. The van der Waals surface area contributed by atoms with E-state index in [1.165, 1.54) is 0 Å². The second-order valence-electron chi connectivity index (χ2n) is 4.33. The largest absolute Gasteiger partial charge is 0.487 e. The summed E-state index contributed by atoms with van der Waals surface area (Å²) in [6.07, 6.45) is 3.92. The molecular weight excluding hydrogens is 276 g/mol. The van der Waals surface area contributed by atoms with E-state index < -0.39 is 5.97 Å². The van der Waals surface area contributed by atoms with Crippen LogP contribution < -0.4 is 4.74 Å². The van der Waals surface area contributed by atoms with Crippen molar-refractivity contribution >= 4 is 22.3 Å². The molecule has 5 nitrogen and oxygen atoms in total. The molecule has 0 radical (unpaired) electrons. The molecule has 0 aliphatic heterocycles. The number of hydrogen-bond acceptors (Lipinski definition) is 4. The summed E-state index contributed by atoms with van der Waals surface area (Å²) in [6.45, 7) is 0.396. The SMILES string of the molecule is O=C(O)Cc1ccc(OCc2cn3ccsc3n2)cc1. The van der Waals surface area contributed by atoms with E-state index in [0.29, 0.717) is 12.4 Å². The third-order valence-corrected chi connectivity index (χ3v) is 3.58. The summed E-state index contributed by atoms with van der Waals surface area (Å²) in [5.74, 6) is -0.132. The third-order valence-electron chi connectivity index (χ3n) is 2.81. The van der Waals surface area contributed by atoms with E-state index in [9.17, 15) is 4.79 Å². The first-order chi connectivity index (χ1) is 9.70. The minimum atomic E-state index is -0.836. The van der Waals surface area contributed by atoms with Crippen LogP contribution in [0.5, 0.6) is 5.75 Å². The van der Waals surface area contributed by atoms with Gasteiger partial charge in [-0.15, -0.1) is 11.3 Å². The smallest absolute Gasteiger partial charge is 0.307 e. The summed E-state index contributed by atoms with van der Waals surface area (Å²) in [4.78, 5) is 16.0. The molecule has 102 valence electrons. The highest BCUT2D eigenvalue weighted by Gasteiger charge is 2.04. The number of thiazole rings is 1. The highest BCUT2D eigenvalue weighted by Crippen LogP contribution is 2.16. The summed E-state index contributed by atoms with van der Waals surface area (Å²) in [6, 6.07) is 7.07. The molecular formula is C14H12N2O3S. The summed E-state index contributed by atoms with van der Waals surface area (Å²) in [5.41, 5.74) is 1.62. The summed E-state index contributed by atoms with van der Waals surface area (Å²) >= 11 is 1.58. The molecule has 0 spiro atoms. The fourth-order valence-electron chi connectivity index (χ4n) is 1.88. The third kappa shape index (κ3) is 2.80. The van der Waals surface area contributed by atoms with Crippen LogP contribution in [0, 0.1) is 0 Å². The maximum absolute atomic E-state index is 10.6. The molecule has 3 rings (SSSR count). The Morgan fingerprint density at radius 3 is 2.85 bits per heavy atom. The minimum absolute atomic E-state index is 0.0254. The summed E-state index contributed by atoms with van der Waals surface area (Å²) in [5, 5.41) is 10.7. The topological polar surface area (TPSA) is 63.8 Å². The fourth-order valence-corrected chi connectivity index (χ4v) is 2.60. The highest BCUT2D eigenvalue weighted by atomic mass is 32.1. The number of rotatable bonds is 5. The molecule has 0 atom stereocenters. The number of aliphatic carboxylic acids is 1. The number of carboxylic acids is 1. The van der Waals surface area contributed by atoms with Crippen molar-refractivity contribution in [3.63, 3.8) is 0 Å². The normalized spacial score (nSPS) is 10.8. The fraction of sp³-hybridized carbons (Fsp3) is 0.143. The van der Waals surface area contributed by atoms with Gasteiger partial charge in [-0.25, -0.2) is 4.98 Å². The van der Waals surface area contributed by atoms with E-state index in [0.717, 1.165) is 16.2 Å². The molecule has 0 aliphatic rings. The first-order valence-corrected chi connectivity index (χ1v) is 6.93. The number of carbonyl (C=O) groups is 1. The van der Waals surface area contributed by atoms with Gasteiger partial charge in [0.15, 0.2) is 4.96 Å². The molecule has 20 heavy (non-hydrogen) atoms. The predicted octanol–water partition coefficient (Wildman–Crippen LogP) is 2.60. The number of hydrogen-bond donors (Lipinski definition) is 1. The van der Waals surface area contributed by atoms with Crippen LogP contribution in [0.25, 0.3) is 4.96 Å². The second kappa shape index (κ2) is 5.34. The van der Waals surface area contributed by atoms with Crippen LogP contribution in [0.15, 0.2) is 42.0 Å². The van der Waals surface area contributed by atoms with Gasteiger partial charge in [0.25, 0.3) is 0 Å². The van der Waals surface area contributed by atoms with Crippen LogP contribution in [0.4, 0.5) is 0 Å². The lowest BCUT2D eigenvalue weighted by molar-refractivity contribution is -0.136. The van der Waals surface area contributed by atoms with Gasteiger partial charge in [-0.1, -0.05) is 12.1 Å². The maximum Gasteiger partial charge on any atom is 0.307 e. The highest BCUT2D eigenvalue weighted by molar-refractivity contribution is 7.15. The zero-order valence-electron chi connectivity index (χ0n) is 10.5. The Morgan fingerprint density at radius 2 is 2.15 bits per heavy atom. The summed E-state index contributed by atoms with van der Waals surface area (Å²) in [7, 11) is 0. The first kappa shape index (κ1) is 12.7. The monoisotopic (exact) mass is 288 g/mol. The van der Waals surface area contributed by atoms with Gasteiger partial charge in [-0.2, -0.15) is 0 Å². The van der Waals surface area contributed by atoms with Crippen LogP contribution in [-0.4, -0.2) is 20.5 Å². The van der Waals surface area contributed by atoms with Crippen molar-refractivity contribution in [2.45, 2.75) is 13.0 Å². The van der Waals surface area contributed by atoms with Crippen molar-refractivity contribution in [2.24, 2.45) is 0 Å². The number of ether oxygens (including phenoxy) is 1. The van der Waals surface area contributed by atoms with Crippen LogP contribution in [-0.2, 0) is 17.8 Å². The molecule has 0 saturated carbocycles. The molecule has 0 unspecified atom stereocenters. The van der Waals surface area contributed by atoms with Crippen LogP contribution in [0.3, 0.4) is 0 Å². The average molecular weight is 288 g/mol. The van der Waals surface area contributed by atoms with Gasteiger partial charge < -0.3 is 9.84 Å². The quantitative estimate of drug-likeness (QED) is 0.784. The van der Waals surface area contributed by atoms with Crippen molar-refractivity contribution in [3.8, 4) is 5.75 Å². The van der Waals surface area contributed by atoms with E-state index in [1.54, 1.807) is 35.6 Å². The Bertz CT molecular complexity index is 702. The molecule has 1 aromatic carbocycles. The van der Waals surface area contributed by atoms with E-state index in [1.807, 2.05) is 22.2 Å². The van der Waals surface area contributed by atoms with E-state index in [-0.39, 0.29) is 6.42 Å². The first-order valence-electron chi connectivity index (χ1n) is 6.05. The van der Waals surface area contributed by atoms with E-state index in [2.05, 4.69) is 4.98 Å². The van der Waals surface area contributed by atoms with Crippen LogP contribution in [0.2, 0.25) is 0 Å². The van der Waals surface area contributed by atoms with E-state index in [4.69, 9.17) is 9.84 Å². The minimum Gasteiger partial charge on any atom is -0.487 e. The maximum atomic E-state index is 10.6. The van der Waals surface area contributed by atoms with Crippen molar-refractivity contribution in [1.82, 2.24) is 9.38 Å². The van der Waals surface area contributed by atoms with Gasteiger partial charge in [0.05, 0.1) is 12.1 Å². The molecule has 0 bridgehead atoms. The average Bonchev–Trinajstić information content (AvgIpc) is 2.98. The molecule has 0 amide bonds. The van der Waals surface area contributed by atoms with Gasteiger partial charge in [0.1, 0.15) is 12.4 Å². The zero-order valence-corrected chi connectivity index (χ0v) is 11.3. The van der Waals surface area contributed by atoms with Gasteiger partial charge in [0, 0.05) is 17.8 Å². The van der Waals surface area contributed by atoms with Crippen LogP contribution in [0.1, 0.15) is 11.3 Å². The van der Waals surface area contributed by atoms with Crippen molar-refractivity contribution in [1.29, 1.82) is 0 Å². The lowest BCUT2D eigenvalue weighted by atomic mass is 10.1. The van der Waals surface area contributed by atoms with E-state index >= 15 is 0 Å². The number of benzene rings is 1. The zero-order chi connectivity index (χ0) is 13.9. The molecule has 3 aromatic rings. The van der Waals surface area contributed by atoms with Crippen LogP contribution >= 0.6 is 11.3 Å². The van der Waals surface area contributed by atoms with Gasteiger partial charge in [-0.3, -0.25) is 9.20 Å².